The first-order chi connectivity index (χ1) is 15.0. The number of benzene rings is 2. The topological polar surface area (TPSA) is 80.2 Å². The van der Waals surface area contributed by atoms with Crippen LogP contribution < -0.4 is 14.8 Å². The van der Waals surface area contributed by atoms with E-state index < -0.39 is 5.25 Å². The van der Waals surface area contributed by atoms with Crippen molar-refractivity contribution in [3.8, 4) is 11.5 Å². The number of para-hydroxylation sites is 1. The number of amides is 2. The van der Waals surface area contributed by atoms with Crippen molar-refractivity contribution in [1.29, 1.82) is 0 Å². The molecule has 0 spiro atoms. The molecule has 1 N–H and O–H groups in total. The third kappa shape index (κ3) is 5.79. The number of methoxy groups -OCH3 is 2. The first-order valence-electron chi connectivity index (χ1n) is 10.2. The second-order valence-electron chi connectivity index (χ2n) is 7.00. The number of carbonyl (C=O) groups is 2. The van der Waals surface area contributed by atoms with Gasteiger partial charge in [0, 0.05) is 19.0 Å². The molecule has 0 aromatic heterocycles. The van der Waals surface area contributed by atoms with Gasteiger partial charge in [-0.3, -0.25) is 14.5 Å². The maximum absolute atomic E-state index is 13.0. The SMILES string of the molecule is CCCCN1C(=O)C(CC(=O)Nc2ccc(OC)cc2OC)SC1=Nc1ccccc1. The summed E-state index contributed by atoms with van der Waals surface area (Å²) in [5.41, 5.74) is 1.32. The van der Waals surface area contributed by atoms with E-state index in [9.17, 15) is 9.59 Å². The van der Waals surface area contributed by atoms with Crippen LogP contribution in [-0.2, 0) is 9.59 Å². The zero-order chi connectivity index (χ0) is 22.2. The van der Waals surface area contributed by atoms with Gasteiger partial charge in [-0.05, 0) is 30.7 Å². The molecule has 1 fully saturated rings. The lowest BCUT2D eigenvalue weighted by molar-refractivity contribution is -0.128. The summed E-state index contributed by atoms with van der Waals surface area (Å²) in [5, 5.41) is 2.97. The van der Waals surface area contributed by atoms with Gasteiger partial charge in [-0.2, -0.15) is 0 Å². The van der Waals surface area contributed by atoms with Crippen LogP contribution in [0.1, 0.15) is 26.2 Å². The quantitative estimate of drug-likeness (QED) is 0.621. The molecule has 2 aromatic carbocycles. The van der Waals surface area contributed by atoms with Crippen LogP contribution in [0.4, 0.5) is 11.4 Å². The van der Waals surface area contributed by atoms with Crippen LogP contribution in [0.5, 0.6) is 11.5 Å². The third-order valence-corrected chi connectivity index (χ3v) is 5.97. The summed E-state index contributed by atoms with van der Waals surface area (Å²) in [5.74, 6) is 0.786. The Bertz CT molecular complexity index is 949. The fraction of sp³-hybridized carbons (Fsp3) is 0.348. The number of anilines is 1. The molecule has 0 aliphatic carbocycles. The van der Waals surface area contributed by atoms with Crippen molar-refractivity contribution in [2.24, 2.45) is 4.99 Å². The molecule has 2 amide bonds. The van der Waals surface area contributed by atoms with Crippen molar-refractivity contribution >= 4 is 40.1 Å². The van der Waals surface area contributed by atoms with Crippen molar-refractivity contribution in [3.63, 3.8) is 0 Å². The lowest BCUT2D eigenvalue weighted by Crippen LogP contribution is -2.34. The Labute approximate surface area is 186 Å². The highest BCUT2D eigenvalue weighted by Crippen LogP contribution is 2.33. The fourth-order valence-corrected chi connectivity index (χ4v) is 4.32. The first kappa shape index (κ1) is 22.7. The molecule has 1 unspecified atom stereocenters. The second kappa shape index (κ2) is 10.9. The summed E-state index contributed by atoms with van der Waals surface area (Å²) in [6, 6.07) is 14.7. The Balaban J connectivity index is 1.73. The number of aliphatic imine (C=N–C) groups is 1. The first-order valence-corrected chi connectivity index (χ1v) is 11.1. The molecule has 0 saturated carbocycles. The Hall–Kier alpha value is -3.00. The summed E-state index contributed by atoms with van der Waals surface area (Å²) in [6.45, 7) is 2.67. The molecule has 3 rings (SSSR count). The van der Waals surface area contributed by atoms with Crippen LogP contribution >= 0.6 is 11.8 Å². The number of hydrogen-bond donors (Lipinski definition) is 1. The predicted molar refractivity (Wildman–Crippen MR) is 124 cm³/mol. The molecule has 1 heterocycles. The minimum atomic E-state index is -0.511. The Kier molecular flexibility index (Phi) is 7.94. The summed E-state index contributed by atoms with van der Waals surface area (Å²) < 4.78 is 10.5. The van der Waals surface area contributed by atoms with E-state index in [1.807, 2.05) is 30.3 Å². The molecule has 7 nitrogen and oxygen atoms in total. The Morgan fingerprint density at radius 3 is 2.61 bits per heavy atom. The number of rotatable bonds is 9. The number of thioether (sulfide) groups is 1. The minimum absolute atomic E-state index is 0.0507. The van der Waals surface area contributed by atoms with Crippen molar-refractivity contribution in [2.75, 3.05) is 26.1 Å². The zero-order valence-electron chi connectivity index (χ0n) is 18.0. The predicted octanol–water partition coefficient (Wildman–Crippen LogP) is 4.46. The van der Waals surface area contributed by atoms with Gasteiger partial charge in [0.15, 0.2) is 5.17 Å². The smallest absolute Gasteiger partial charge is 0.242 e. The monoisotopic (exact) mass is 441 g/mol. The highest BCUT2D eigenvalue weighted by molar-refractivity contribution is 8.15. The van der Waals surface area contributed by atoms with Crippen LogP contribution in [0.15, 0.2) is 53.5 Å². The molecule has 0 radical (unpaired) electrons. The fourth-order valence-electron chi connectivity index (χ4n) is 3.13. The average molecular weight is 442 g/mol. The van der Waals surface area contributed by atoms with Gasteiger partial charge in [0.1, 0.15) is 16.7 Å². The van der Waals surface area contributed by atoms with Gasteiger partial charge in [-0.1, -0.05) is 43.3 Å². The molecule has 31 heavy (non-hydrogen) atoms. The number of hydrogen-bond acceptors (Lipinski definition) is 6. The molecular weight excluding hydrogens is 414 g/mol. The Morgan fingerprint density at radius 1 is 1.16 bits per heavy atom. The van der Waals surface area contributed by atoms with Crippen molar-refractivity contribution in [3.05, 3.63) is 48.5 Å². The van der Waals surface area contributed by atoms with Crippen LogP contribution in [0.3, 0.4) is 0 Å². The summed E-state index contributed by atoms with van der Waals surface area (Å²) in [6.07, 6.45) is 1.90. The molecule has 1 aliphatic heterocycles. The molecule has 0 bridgehead atoms. The van der Waals surface area contributed by atoms with Gasteiger partial charge in [0.2, 0.25) is 11.8 Å². The standard InChI is InChI=1S/C23H27N3O4S/c1-4-5-13-26-22(28)20(31-23(26)24-16-9-7-6-8-10-16)15-21(27)25-18-12-11-17(29-2)14-19(18)30-3/h6-12,14,20H,4-5,13,15H2,1-3H3,(H,25,27). The average Bonchev–Trinajstić information content (AvgIpc) is 3.06. The number of carbonyl (C=O) groups excluding carboxylic acids is 2. The molecule has 164 valence electrons. The molecular formula is C23H27N3O4S. The van der Waals surface area contributed by atoms with E-state index in [1.54, 1.807) is 30.2 Å². The maximum atomic E-state index is 13.0. The molecule has 8 heteroatoms. The molecule has 1 atom stereocenters. The highest BCUT2D eigenvalue weighted by atomic mass is 32.2. The van der Waals surface area contributed by atoms with Gasteiger partial charge in [0.25, 0.3) is 0 Å². The van der Waals surface area contributed by atoms with Gasteiger partial charge >= 0.3 is 0 Å². The minimum Gasteiger partial charge on any atom is -0.497 e. The van der Waals surface area contributed by atoms with E-state index in [4.69, 9.17) is 9.47 Å². The van der Waals surface area contributed by atoms with Crippen molar-refractivity contribution in [1.82, 2.24) is 4.90 Å². The molecule has 1 saturated heterocycles. The van der Waals surface area contributed by atoms with E-state index in [0.717, 1.165) is 18.5 Å². The molecule has 1 aliphatic rings. The number of nitrogens with one attached hydrogen (secondary N) is 1. The van der Waals surface area contributed by atoms with E-state index in [1.165, 1.54) is 18.9 Å². The third-order valence-electron chi connectivity index (χ3n) is 4.79. The molecule has 2 aromatic rings. The van der Waals surface area contributed by atoms with E-state index >= 15 is 0 Å². The normalized spacial score (nSPS) is 17.1. The summed E-state index contributed by atoms with van der Waals surface area (Å²) >= 11 is 1.34. The van der Waals surface area contributed by atoms with E-state index in [0.29, 0.717) is 28.9 Å². The van der Waals surface area contributed by atoms with Gasteiger partial charge < -0.3 is 14.8 Å². The number of nitrogens with zero attached hydrogens (tertiary/aromatic N) is 2. The number of unbranched alkanes of at least 4 members (excludes halogenated alkanes) is 1. The number of ether oxygens (including phenoxy) is 2. The highest BCUT2D eigenvalue weighted by Gasteiger charge is 2.38. The van der Waals surface area contributed by atoms with Gasteiger partial charge in [-0.15, -0.1) is 0 Å². The van der Waals surface area contributed by atoms with Gasteiger partial charge in [0.05, 0.1) is 25.6 Å². The van der Waals surface area contributed by atoms with Crippen LogP contribution in [0, 0.1) is 0 Å². The lowest BCUT2D eigenvalue weighted by Gasteiger charge is -2.16. The second-order valence-corrected chi connectivity index (χ2v) is 8.17. The summed E-state index contributed by atoms with van der Waals surface area (Å²) in [7, 11) is 3.09. The zero-order valence-corrected chi connectivity index (χ0v) is 18.8. The van der Waals surface area contributed by atoms with Crippen LogP contribution in [0.25, 0.3) is 0 Å². The maximum Gasteiger partial charge on any atom is 0.242 e. The van der Waals surface area contributed by atoms with Crippen molar-refractivity contribution < 1.29 is 19.1 Å². The van der Waals surface area contributed by atoms with E-state index in [-0.39, 0.29) is 18.2 Å². The van der Waals surface area contributed by atoms with E-state index in [2.05, 4.69) is 17.2 Å². The van der Waals surface area contributed by atoms with Gasteiger partial charge in [-0.25, -0.2) is 4.99 Å². The number of amidine groups is 1. The van der Waals surface area contributed by atoms with Crippen LogP contribution in [0.2, 0.25) is 0 Å². The Morgan fingerprint density at radius 2 is 1.94 bits per heavy atom. The van der Waals surface area contributed by atoms with Crippen molar-refractivity contribution in [2.45, 2.75) is 31.4 Å². The summed E-state index contributed by atoms with van der Waals surface area (Å²) in [4.78, 5) is 32.1. The van der Waals surface area contributed by atoms with Crippen LogP contribution in [-0.4, -0.2) is 47.9 Å². The lowest BCUT2D eigenvalue weighted by atomic mass is 10.2. The largest absolute Gasteiger partial charge is 0.497 e.